The van der Waals surface area contributed by atoms with Gasteiger partial charge in [-0.1, -0.05) is 24.3 Å². The molecule has 0 unspecified atom stereocenters. The first-order valence-electron chi connectivity index (χ1n) is 6.33. The molecule has 0 saturated carbocycles. The summed E-state index contributed by atoms with van der Waals surface area (Å²) in [5.74, 6) is 1.17. The molecule has 20 heavy (non-hydrogen) atoms. The smallest absolute Gasteiger partial charge is 0.177 e. The van der Waals surface area contributed by atoms with Crippen LogP contribution < -0.4 is 0 Å². The topological polar surface area (TPSA) is 35.1 Å². The van der Waals surface area contributed by atoms with Crippen LogP contribution in [0, 0.1) is 0 Å². The van der Waals surface area contributed by atoms with Crippen LogP contribution in [0.25, 0.3) is 22.4 Å². The molecule has 0 amide bonds. The van der Waals surface area contributed by atoms with Gasteiger partial charge in [0, 0.05) is 11.6 Å². The van der Waals surface area contributed by atoms with Gasteiger partial charge in [-0.3, -0.25) is 0 Å². The zero-order valence-electron chi connectivity index (χ0n) is 10.6. The zero-order valence-corrected chi connectivity index (χ0v) is 11.3. The summed E-state index contributed by atoms with van der Waals surface area (Å²) in [6.07, 6.45) is 3.81. The van der Waals surface area contributed by atoms with Crippen molar-refractivity contribution in [1.29, 1.82) is 0 Å². The summed E-state index contributed by atoms with van der Waals surface area (Å²) in [5, 5.41) is 5.54. The number of hydrogen-bond donors (Lipinski definition) is 0. The van der Waals surface area contributed by atoms with E-state index in [2.05, 4.69) is 10.1 Å². The largest absolute Gasteiger partial charge is 0.301 e. The Morgan fingerprint density at radius 3 is 2.80 bits per heavy atom. The molecule has 98 valence electrons. The lowest BCUT2D eigenvalue weighted by Crippen LogP contribution is -2.00. The number of nitrogens with zero attached hydrogens (tertiary/aromatic N) is 4. The van der Waals surface area contributed by atoms with Gasteiger partial charge in [-0.25, -0.2) is 9.67 Å². The van der Waals surface area contributed by atoms with Crippen molar-refractivity contribution in [2.24, 2.45) is 0 Å². The fourth-order valence-corrected chi connectivity index (χ4v) is 2.72. The Labute approximate surface area is 120 Å². The van der Waals surface area contributed by atoms with Gasteiger partial charge >= 0.3 is 0 Å². The van der Waals surface area contributed by atoms with Gasteiger partial charge in [-0.15, -0.1) is 11.6 Å². The number of benzene rings is 1. The quantitative estimate of drug-likeness (QED) is 0.528. The summed E-state index contributed by atoms with van der Waals surface area (Å²) in [7, 11) is 0. The summed E-state index contributed by atoms with van der Waals surface area (Å²) in [4.78, 5) is 4.66. The minimum Gasteiger partial charge on any atom is -0.301 e. The van der Waals surface area contributed by atoms with Gasteiger partial charge in [0.15, 0.2) is 5.82 Å². The van der Waals surface area contributed by atoms with Crippen molar-refractivity contribution in [2.75, 3.05) is 0 Å². The second kappa shape index (κ2) is 4.35. The Kier molecular flexibility index (Phi) is 2.50. The zero-order chi connectivity index (χ0) is 13.5. The predicted octanol–water partition coefficient (Wildman–Crippen LogP) is 3.41. The predicted molar refractivity (Wildman–Crippen MR) is 79.4 cm³/mol. The van der Waals surface area contributed by atoms with E-state index in [1.807, 2.05) is 63.9 Å². The Bertz CT molecular complexity index is 906. The van der Waals surface area contributed by atoms with Crippen LogP contribution in [0.4, 0.5) is 0 Å². The van der Waals surface area contributed by atoms with Gasteiger partial charge in [-0.2, -0.15) is 5.10 Å². The number of rotatable bonds is 2. The monoisotopic (exact) mass is 282 g/mol. The molecule has 0 radical (unpaired) electrons. The highest BCUT2D eigenvalue weighted by Crippen LogP contribution is 2.22. The molecule has 4 rings (SSSR count). The molecule has 0 aliphatic heterocycles. The van der Waals surface area contributed by atoms with Crippen LogP contribution in [0.15, 0.2) is 54.9 Å². The molecule has 0 N–H and O–H groups in total. The first-order valence-corrected chi connectivity index (χ1v) is 6.87. The molecule has 0 atom stereocenters. The van der Waals surface area contributed by atoms with E-state index >= 15 is 0 Å². The highest BCUT2D eigenvalue weighted by molar-refractivity contribution is 6.17. The fraction of sp³-hybridized carbons (Fsp3) is 0.0667. The highest BCUT2D eigenvalue weighted by Gasteiger charge is 2.15. The van der Waals surface area contributed by atoms with Crippen molar-refractivity contribution >= 4 is 28.2 Å². The average Bonchev–Trinajstić information content (AvgIpc) is 3.07. The molecule has 0 fully saturated rings. The second-order valence-corrected chi connectivity index (χ2v) is 4.83. The highest BCUT2D eigenvalue weighted by atomic mass is 35.5. The molecular weight excluding hydrogens is 272 g/mol. The molecule has 4 aromatic rings. The molecule has 5 heteroatoms. The first-order chi connectivity index (χ1) is 9.88. The van der Waals surface area contributed by atoms with Gasteiger partial charge < -0.3 is 4.40 Å². The third-order valence-corrected chi connectivity index (χ3v) is 3.67. The second-order valence-electron chi connectivity index (χ2n) is 4.56. The molecule has 0 aliphatic rings. The minimum absolute atomic E-state index is 0.384. The van der Waals surface area contributed by atoms with Gasteiger partial charge in [0.1, 0.15) is 5.65 Å². The average molecular weight is 283 g/mol. The summed E-state index contributed by atoms with van der Waals surface area (Å²) in [6, 6.07) is 14.0. The van der Waals surface area contributed by atoms with Crippen LogP contribution in [0.3, 0.4) is 0 Å². The number of hydrogen-bond acceptors (Lipinski definition) is 2. The minimum atomic E-state index is 0.384. The lowest BCUT2D eigenvalue weighted by Gasteiger charge is -2.02. The maximum Gasteiger partial charge on any atom is 0.177 e. The lowest BCUT2D eigenvalue weighted by molar-refractivity contribution is 0.870. The SMILES string of the molecule is ClCc1c(-n2ncc3ccccc32)nc2ccccn12. The number of pyridine rings is 1. The maximum atomic E-state index is 6.12. The van der Waals surface area contributed by atoms with Gasteiger partial charge in [0.25, 0.3) is 0 Å². The summed E-state index contributed by atoms with van der Waals surface area (Å²) in [6.45, 7) is 0. The Hall–Kier alpha value is -2.33. The molecule has 1 aromatic carbocycles. The van der Waals surface area contributed by atoms with Crippen molar-refractivity contribution in [1.82, 2.24) is 19.2 Å². The molecule has 3 aromatic heterocycles. The van der Waals surface area contributed by atoms with Crippen molar-refractivity contribution in [2.45, 2.75) is 5.88 Å². The molecule has 4 nitrogen and oxygen atoms in total. The summed E-state index contributed by atoms with van der Waals surface area (Å²) >= 11 is 6.12. The van der Waals surface area contributed by atoms with Gasteiger partial charge in [0.2, 0.25) is 0 Å². The van der Waals surface area contributed by atoms with Crippen LogP contribution in [0.1, 0.15) is 5.69 Å². The molecule has 3 heterocycles. The van der Waals surface area contributed by atoms with Crippen molar-refractivity contribution < 1.29 is 0 Å². The van der Waals surface area contributed by atoms with Crippen molar-refractivity contribution in [3.63, 3.8) is 0 Å². The molecule has 0 saturated heterocycles. The van der Waals surface area contributed by atoms with E-state index in [1.165, 1.54) is 0 Å². The lowest BCUT2D eigenvalue weighted by atomic mass is 10.2. The molecule has 0 aliphatic carbocycles. The fourth-order valence-electron chi connectivity index (χ4n) is 2.47. The van der Waals surface area contributed by atoms with Gasteiger partial charge in [0.05, 0.1) is 23.3 Å². The third-order valence-electron chi connectivity index (χ3n) is 3.41. The number of halogens is 1. The number of aromatic nitrogens is 4. The van der Waals surface area contributed by atoms with Crippen LogP contribution in [-0.2, 0) is 5.88 Å². The molecule has 0 spiro atoms. The normalized spacial score (nSPS) is 11.4. The van der Waals surface area contributed by atoms with Crippen molar-refractivity contribution in [3.05, 3.63) is 60.6 Å². The van der Waals surface area contributed by atoms with Crippen LogP contribution in [0.2, 0.25) is 0 Å². The molecule has 0 bridgehead atoms. The Balaban J connectivity index is 2.07. The van der Waals surface area contributed by atoms with E-state index in [4.69, 9.17) is 11.6 Å². The Morgan fingerprint density at radius 1 is 1.05 bits per heavy atom. The van der Waals surface area contributed by atoms with Gasteiger partial charge in [-0.05, 0) is 18.2 Å². The third kappa shape index (κ3) is 1.55. The summed E-state index contributed by atoms with van der Waals surface area (Å²) in [5.41, 5.74) is 2.84. The summed E-state index contributed by atoms with van der Waals surface area (Å²) < 4.78 is 3.85. The van der Waals surface area contributed by atoms with E-state index in [0.29, 0.717) is 5.88 Å². The number of para-hydroxylation sites is 1. The maximum absolute atomic E-state index is 6.12. The van der Waals surface area contributed by atoms with Crippen LogP contribution in [0.5, 0.6) is 0 Å². The van der Waals surface area contributed by atoms with Crippen LogP contribution in [-0.4, -0.2) is 19.2 Å². The van der Waals surface area contributed by atoms with E-state index in [-0.39, 0.29) is 0 Å². The molecular formula is C15H11ClN4. The standard InChI is InChI=1S/C15H11ClN4/c16-9-13-15(18-14-7-3-4-8-19(13)14)20-12-6-2-1-5-11(12)10-17-20/h1-8,10H,9H2. The van der Waals surface area contributed by atoms with E-state index in [9.17, 15) is 0 Å². The van der Waals surface area contributed by atoms with E-state index in [1.54, 1.807) is 0 Å². The number of imidazole rings is 1. The van der Waals surface area contributed by atoms with E-state index < -0.39 is 0 Å². The Morgan fingerprint density at radius 2 is 1.90 bits per heavy atom. The number of fused-ring (bicyclic) bond motifs is 2. The number of alkyl halides is 1. The van der Waals surface area contributed by atoms with Crippen LogP contribution >= 0.6 is 11.6 Å². The van der Waals surface area contributed by atoms with Crippen molar-refractivity contribution in [3.8, 4) is 5.82 Å². The first kappa shape index (κ1) is 11.5. The van der Waals surface area contributed by atoms with E-state index in [0.717, 1.165) is 28.1 Å².